The molecule has 0 aliphatic carbocycles. The Balaban J connectivity index is 1.80. The molecule has 1 saturated heterocycles. The highest BCUT2D eigenvalue weighted by molar-refractivity contribution is 6.39. The Hall–Kier alpha value is -3.67. The number of imide groups is 2. The number of amides is 4. The molecule has 4 amide bonds. The Bertz CT molecular complexity index is 1240. The predicted octanol–water partition coefficient (Wildman–Crippen LogP) is 4.60. The van der Waals surface area contributed by atoms with Crippen molar-refractivity contribution in [2.24, 2.45) is 0 Å². The number of carbonyl (C=O) groups excluding carboxylic acids is 3. The van der Waals surface area contributed by atoms with Crippen LogP contribution in [0.4, 0.5) is 16.2 Å². The maximum Gasteiger partial charge on any atom is 0.335 e. The quantitative estimate of drug-likeness (QED) is 0.559. The number of likely N-dealkylation sites (N-methyl/N-ethyl adjacent to an activating group) is 1. The van der Waals surface area contributed by atoms with Gasteiger partial charge in [0.25, 0.3) is 11.8 Å². The van der Waals surface area contributed by atoms with E-state index in [0.29, 0.717) is 5.69 Å². The molecule has 1 fully saturated rings. The van der Waals surface area contributed by atoms with Crippen LogP contribution in [0.3, 0.4) is 0 Å². The summed E-state index contributed by atoms with van der Waals surface area (Å²) in [5, 5.41) is 2.30. The van der Waals surface area contributed by atoms with Gasteiger partial charge in [0.1, 0.15) is 5.57 Å². The van der Waals surface area contributed by atoms with E-state index in [2.05, 4.69) is 50.2 Å². The van der Waals surface area contributed by atoms with Crippen molar-refractivity contribution >= 4 is 40.9 Å². The molecule has 2 aliphatic rings. The smallest absolute Gasteiger partial charge is 0.335 e. The fourth-order valence-electron chi connectivity index (χ4n) is 4.29. The molecule has 0 aromatic heterocycles. The van der Waals surface area contributed by atoms with E-state index < -0.39 is 17.8 Å². The average molecular weight is 430 g/mol. The molecular formula is C26H27N3O3. The van der Waals surface area contributed by atoms with Crippen LogP contribution < -0.4 is 15.1 Å². The highest BCUT2D eigenvalue weighted by atomic mass is 16.2. The zero-order chi connectivity index (χ0) is 23.4. The summed E-state index contributed by atoms with van der Waals surface area (Å²) < 4.78 is 0. The molecule has 0 unspecified atom stereocenters. The topological polar surface area (TPSA) is 69.7 Å². The Labute approximate surface area is 188 Å². The number of nitrogens with one attached hydrogen (secondary N) is 1. The molecule has 0 spiro atoms. The Morgan fingerprint density at radius 2 is 1.72 bits per heavy atom. The van der Waals surface area contributed by atoms with Crippen molar-refractivity contribution in [2.45, 2.75) is 40.2 Å². The van der Waals surface area contributed by atoms with E-state index >= 15 is 0 Å². The van der Waals surface area contributed by atoms with Crippen LogP contribution in [0.25, 0.3) is 11.6 Å². The van der Waals surface area contributed by atoms with E-state index in [1.165, 1.54) is 0 Å². The van der Waals surface area contributed by atoms with Gasteiger partial charge in [0.05, 0.1) is 11.2 Å². The van der Waals surface area contributed by atoms with Crippen molar-refractivity contribution in [2.75, 3.05) is 16.8 Å². The molecule has 0 atom stereocenters. The molecule has 0 bridgehead atoms. The Morgan fingerprint density at radius 1 is 1.00 bits per heavy atom. The largest absolute Gasteiger partial charge is 0.365 e. The van der Waals surface area contributed by atoms with Crippen LogP contribution in [-0.4, -0.2) is 30.4 Å². The molecule has 4 rings (SSSR count). The molecule has 2 aromatic rings. The lowest BCUT2D eigenvalue weighted by Crippen LogP contribution is -2.54. The number of hydrogen-bond donors (Lipinski definition) is 1. The molecule has 1 N–H and O–H groups in total. The van der Waals surface area contributed by atoms with Crippen LogP contribution in [0.2, 0.25) is 0 Å². The molecule has 32 heavy (non-hydrogen) atoms. The maximum absolute atomic E-state index is 13.2. The SMILES string of the molecule is CC1=CC(C)(C)N(C)c2cc(C)c(/C=C3\C(=O)NC(=O)N(c4cccc(C)c4)C3=O)cc21. The van der Waals surface area contributed by atoms with Gasteiger partial charge in [-0.05, 0) is 87.2 Å². The van der Waals surface area contributed by atoms with Gasteiger partial charge < -0.3 is 4.90 Å². The minimum atomic E-state index is -0.743. The van der Waals surface area contributed by atoms with Crippen molar-refractivity contribution in [3.05, 3.63) is 70.3 Å². The van der Waals surface area contributed by atoms with Gasteiger partial charge in [-0.25, -0.2) is 9.69 Å². The second kappa shape index (κ2) is 7.48. The third-order valence-electron chi connectivity index (χ3n) is 6.27. The summed E-state index contributed by atoms with van der Waals surface area (Å²) in [5.74, 6) is -1.32. The monoisotopic (exact) mass is 429 g/mol. The van der Waals surface area contributed by atoms with Crippen molar-refractivity contribution in [1.82, 2.24) is 5.32 Å². The minimum Gasteiger partial charge on any atom is -0.365 e. The first-order valence-corrected chi connectivity index (χ1v) is 10.6. The fourth-order valence-corrected chi connectivity index (χ4v) is 4.29. The first-order valence-electron chi connectivity index (χ1n) is 10.6. The van der Waals surface area contributed by atoms with Gasteiger partial charge in [-0.15, -0.1) is 0 Å². The second-order valence-electron chi connectivity index (χ2n) is 9.06. The normalized spacial score (nSPS) is 19.1. The third-order valence-corrected chi connectivity index (χ3v) is 6.27. The number of fused-ring (bicyclic) bond motifs is 1. The summed E-state index contributed by atoms with van der Waals surface area (Å²) in [5.41, 5.74) is 6.15. The highest BCUT2D eigenvalue weighted by Crippen LogP contribution is 2.39. The number of allylic oxidation sites excluding steroid dienone is 1. The molecule has 0 saturated carbocycles. The molecule has 6 heteroatoms. The third kappa shape index (κ3) is 3.51. The van der Waals surface area contributed by atoms with E-state index in [-0.39, 0.29) is 11.1 Å². The fraction of sp³-hybridized carbons (Fsp3) is 0.269. The Kier molecular flexibility index (Phi) is 5.04. The number of rotatable bonds is 2. The number of barbiturate groups is 1. The average Bonchev–Trinajstić information content (AvgIpc) is 2.69. The van der Waals surface area contributed by atoms with E-state index in [1.807, 2.05) is 26.0 Å². The first kappa shape index (κ1) is 21.6. The molecule has 2 aliphatic heterocycles. The van der Waals surface area contributed by atoms with Crippen LogP contribution in [0.15, 0.2) is 48.0 Å². The Morgan fingerprint density at radius 3 is 2.41 bits per heavy atom. The van der Waals surface area contributed by atoms with Gasteiger partial charge in [0.15, 0.2) is 0 Å². The van der Waals surface area contributed by atoms with Gasteiger partial charge in [-0.3, -0.25) is 14.9 Å². The van der Waals surface area contributed by atoms with Crippen LogP contribution in [0.1, 0.15) is 43.0 Å². The molecule has 6 nitrogen and oxygen atoms in total. The second-order valence-corrected chi connectivity index (χ2v) is 9.06. The molecule has 2 aromatic carbocycles. The van der Waals surface area contributed by atoms with Gasteiger partial charge >= 0.3 is 6.03 Å². The first-order chi connectivity index (χ1) is 15.0. The van der Waals surface area contributed by atoms with Crippen LogP contribution in [-0.2, 0) is 9.59 Å². The summed E-state index contributed by atoms with van der Waals surface area (Å²) in [4.78, 5) is 41.5. The van der Waals surface area contributed by atoms with Gasteiger partial charge in [-0.2, -0.15) is 0 Å². The van der Waals surface area contributed by atoms with Crippen LogP contribution >= 0.6 is 0 Å². The summed E-state index contributed by atoms with van der Waals surface area (Å²) in [6.07, 6.45) is 3.79. The van der Waals surface area contributed by atoms with Gasteiger partial charge in [-0.1, -0.05) is 18.2 Å². The minimum absolute atomic E-state index is 0.0692. The van der Waals surface area contributed by atoms with Crippen molar-refractivity contribution < 1.29 is 14.4 Å². The summed E-state index contributed by atoms with van der Waals surface area (Å²) in [6.45, 7) is 10.2. The summed E-state index contributed by atoms with van der Waals surface area (Å²) in [6, 6.07) is 10.4. The van der Waals surface area contributed by atoms with Gasteiger partial charge in [0, 0.05) is 18.3 Å². The number of hydrogen-bond acceptors (Lipinski definition) is 4. The highest BCUT2D eigenvalue weighted by Gasteiger charge is 2.37. The van der Waals surface area contributed by atoms with E-state index in [9.17, 15) is 14.4 Å². The number of carbonyl (C=O) groups is 3. The number of benzene rings is 2. The number of aryl methyl sites for hydroxylation is 2. The van der Waals surface area contributed by atoms with Crippen molar-refractivity contribution in [3.8, 4) is 0 Å². The summed E-state index contributed by atoms with van der Waals surface area (Å²) in [7, 11) is 2.06. The van der Waals surface area contributed by atoms with E-state index in [4.69, 9.17) is 0 Å². The van der Waals surface area contributed by atoms with Gasteiger partial charge in [0.2, 0.25) is 0 Å². The van der Waals surface area contributed by atoms with Crippen LogP contribution in [0, 0.1) is 13.8 Å². The lowest BCUT2D eigenvalue weighted by atomic mass is 9.87. The molecule has 0 radical (unpaired) electrons. The summed E-state index contributed by atoms with van der Waals surface area (Å²) >= 11 is 0. The number of urea groups is 1. The maximum atomic E-state index is 13.2. The zero-order valence-corrected chi connectivity index (χ0v) is 19.2. The lowest BCUT2D eigenvalue weighted by Gasteiger charge is -2.41. The predicted molar refractivity (Wildman–Crippen MR) is 127 cm³/mol. The number of nitrogens with zero attached hydrogens (tertiary/aromatic N) is 2. The van der Waals surface area contributed by atoms with Crippen molar-refractivity contribution in [1.29, 1.82) is 0 Å². The van der Waals surface area contributed by atoms with Crippen LogP contribution in [0.5, 0.6) is 0 Å². The van der Waals surface area contributed by atoms with E-state index in [0.717, 1.165) is 38.4 Å². The zero-order valence-electron chi connectivity index (χ0n) is 19.2. The van der Waals surface area contributed by atoms with Crippen molar-refractivity contribution in [3.63, 3.8) is 0 Å². The molecule has 164 valence electrons. The molecular weight excluding hydrogens is 402 g/mol. The molecule has 2 heterocycles. The standard InChI is InChI=1S/C26H27N3O3/c1-15-8-7-9-19(10-15)29-24(31)21(23(30)27-25(29)32)13-18-12-20-17(3)14-26(4,5)28(6)22(20)11-16(18)2/h7-14H,1-6H3,(H,27,30,32)/b21-13+. The van der Waals surface area contributed by atoms with E-state index in [1.54, 1.807) is 24.3 Å². The number of anilines is 2. The lowest BCUT2D eigenvalue weighted by molar-refractivity contribution is -0.122.